The summed E-state index contributed by atoms with van der Waals surface area (Å²) in [5.74, 6) is -0.118. The number of hydrogen-bond acceptors (Lipinski definition) is 18. The number of hydrogen-bond donors (Lipinski definition) is 6. The van der Waals surface area contributed by atoms with E-state index < -0.39 is 60.1 Å². The fourth-order valence-electron chi connectivity index (χ4n) is 7.00. The molecule has 352 valence electrons. The number of anilines is 4. The number of nitrogens with one attached hydrogen (secondary N) is 2. The number of nitriles is 2. The van der Waals surface area contributed by atoms with Gasteiger partial charge in [0.05, 0.1) is 25.9 Å². The van der Waals surface area contributed by atoms with Gasteiger partial charge in [0.15, 0.2) is 16.6 Å². The van der Waals surface area contributed by atoms with Crippen molar-refractivity contribution in [2.75, 3.05) is 10.6 Å². The molecule has 26 heteroatoms. The van der Waals surface area contributed by atoms with E-state index in [2.05, 4.69) is 48.2 Å². The van der Waals surface area contributed by atoms with E-state index in [0.29, 0.717) is 11.6 Å². The normalized spacial score (nSPS) is 12.4. The Morgan fingerprint density at radius 3 is 1.67 bits per heavy atom. The van der Waals surface area contributed by atoms with E-state index in [4.69, 9.17) is 0 Å². The molecule has 21 nitrogen and oxygen atoms in total. The highest BCUT2D eigenvalue weighted by Crippen LogP contribution is 2.49. The van der Waals surface area contributed by atoms with Gasteiger partial charge in [0, 0.05) is 27.9 Å². The number of fused-ring (bicyclic) bond motifs is 2. The summed E-state index contributed by atoms with van der Waals surface area (Å²) in [6.07, 6.45) is 0. The molecule has 0 amide bonds. The summed E-state index contributed by atoms with van der Waals surface area (Å²) in [6, 6.07) is 32.2. The average Bonchev–Trinajstić information content (AvgIpc) is 3.66. The average molecular weight is 1040 g/mol. The van der Waals surface area contributed by atoms with Crippen molar-refractivity contribution in [3.63, 3.8) is 0 Å². The number of aromatic nitrogens is 1. The fourth-order valence-corrected chi connectivity index (χ4v) is 10.2. The van der Waals surface area contributed by atoms with Crippen LogP contribution in [0, 0.1) is 29.6 Å². The number of thiophene rings is 1. The van der Waals surface area contributed by atoms with Gasteiger partial charge in [-0.3, -0.25) is 18.2 Å². The van der Waals surface area contributed by atoms with Crippen molar-refractivity contribution in [3.8, 4) is 23.3 Å². The van der Waals surface area contributed by atoms with Gasteiger partial charge in [0.2, 0.25) is 0 Å². The van der Waals surface area contributed by atoms with Crippen LogP contribution in [0.2, 0.25) is 0 Å². The number of rotatable bonds is 13. The molecule has 2 aromatic heterocycles. The first-order valence-electron chi connectivity index (χ1n) is 19.6. The summed E-state index contributed by atoms with van der Waals surface area (Å²) in [7, 11) is -19.0. The van der Waals surface area contributed by atoms with E-state index in [-0.39, 0.29) is 77.4 Å². The van der Waals surface area contributed by atoms with Gasteiger partial charge in [-0.05, 0) is 108 Å². The summed E-state index contributed by atoms with van der Waals surface area (Å²) in [6.45, 7) is 1.52. The molecule has 6 aromatic carbocycles. The first kappa shape index (κ1) is 48.6. The van der Waals surface area contributed by atoms with Crippen molar-refractivity contribution in [1.82, 2.24) is 4.98 Å². The summed E-state index contributed by atoms with van der Waals surface area (Å²) < 4.78 is 134. The summed E-state index contributed by atoms with van der Waals surface area (Å²) >= 11 is 0.869. The van der Waals surface area contributed by atoms with Gasteiger partial charge < -0.3 is 10.6 Å². The molecule has 0 saturated carbocycles. The van der Waals surface area contributed by atoms with E-state index >= 15 is 0 Å². The maximum atomic E-state index is 12.4. The van der Waals surface area contributed by atoms with Crippen LogP contribution in [0.1, 0.15) is 16.7 Å². The second-order valence-corrected chi connectivity index (χ2v) is 21.5. The number of nitrogens with zero attached hydrogens (tertiary/aromatic N) is 7. The summed E-state index contributed by atoms with van der Waals surface area (Å²) in [5.41, 5.74) is 1.34. The van der Waals surface area contributed by atoms with Crippen LogP contribution in [0.5, 0.6) is 0 Å². The van der Waals surface area contributed by atoms with Crippen LogP contribution in [0.25, 0.3) is 32.7 Å². The Labute approximate surface area is 401 Å². The molecule has 0 aliphatic rings. The third-order valence-electron chi connectivity index (χ3n) is 10.3. The minimum atomic E-state index is -5.04. The predicted octanol–water partition coefficient (Wildman–Crippen LogP) is 10.5. The van der Waals surface area contributed by atoms with Crippen molar-refractivity contribution in [1.29, 1.82) is 10.5 Å². The van der Waals surface area contributed by atoms with Gasteiger partial charge in [0.25, 0.3) is 40.5 Å². The molecule has 0 radical (unpaired) electrons. The molecule has 0 aliphatic carbocycles. The topological polar surface area (TPSA) is 351 Å². The lowest BCUT2D eigenvalue weighted by molar-refractivity contribution is 0.479. The largest absolute Gasteiger partial charge is 0.339 e. The molecule has 0 saturated heterocycles. The van der Waals surface area contributed by atoms with E-state index in [1.165, 1.54) is 49.4 Å². The van der Waals surface area contributed by atoms with Crippen LogP contribution in [-0.4, -0.2) is 56.9 Å². The van der Waals surface area contributed by atoms with Crippen LogP contribution in [0.3, 0.4) is 0 Å². The Balaban J connectivity index is 1.27. The molecule has 70 heavy (non-hydrogen) atoms. The molecule has 0 unspecified atom stereocenters. The maximum absolute atomic E-state index is 12.4. The Hall–Kier alpha value is -7.89. The zero-order valence-corrected chi connectivity index (χ0v) is 39.4. The van der Waals surface area contributed by atoms with Gasteiger partial charge in [-0.2, -0.15) is 44.2 Å². The van der Waals surface area contributed by atoms with Crippen molar-refractivity contribution in [2.45, 2.75) is 26.5 Å². The van der Waals surface area contributed by atoms with Gasteiger partial charge in [-0.25, -0.2) is 4.98 Å². The van der Waals surface area contributed by atoms with E-state index in [1.54, 1.807) is 6.07 Å². The van der Waals surface area contributed by atoms with E-state index in [0.717, 1.165) is 52.4 Å². The summed E-state index contributed by atoms with van der Waals surface area (Å²) in [4.78, 5) is 2.18. The molecule has 0 aliphatic heterocycles. The molecule has 6 N–H and O–H groups in total. The van der Waals surface area contributed by atoms with E-state index in [9.17, 15) is 62.4 Å². The maximum Gasteiger partial charge on any atom is 0.295 e. The molecule has 8 aromatic rings. The Kier molecular flexibility index (Phi) is 12.9. The highest BCUT2D eigenvalue weighted by molar-refractivity contribution is 7.87. The van der Waals surface area contributed by atoms with Crippen LogP contribution < -0.4 is 10.6 Å². The third kappa shape index (κ3) is 10.3. The van der Waals surface area contributed by atoms with Crippen LogP contribution in [0.15, 0.2) is 161 Å². The molecule has 8 rings (SSSR count). The standard InChI is InChI=1S/C44H29N9O12S5/c1-24-36(22-45)41(47-29-10-14-32(15-11-29)67(54,55)56)49-42(48-30-12-16-33(17-13-30)68(57,58)59)40(24)51-52-43-37(23-46)39(28-7-6-25-4-2-3-5-26(25)18-28)44(66-43)53-50-31-9-8-27-19-34(69(60,61)62)21-38(35(27)20-31)70(63,64)65/h2-21H,1H3,(H2,47,48,49)(H,54,55,56)(H,57,58,59)(H,60,61,62)(H,63,64,65). The highest BCUT2D eigenvalue weighted by atomic mass is 32.2. The monoisotopic (exact) mass is 1040 g/mol. The lowest BCUT2D eigenvalue weighted by Gasteiger charge is -2.16. The Morgan fingerprint density at radius 1 is 0.543 bits per heavy atom. The minimum absolute atomic E-state index is 0.00740. The number of pyridine rings is 1. The molecule has 0 spiro atoms. The van der Waals surface area contributed by atoms with Crippen molar-refractivity contribution < 1.29 is 51.9 Å². The molecule has 0 bridgehead atoms. The summed E-state index contributed by atoms with van der Waals surface area (Å²) in [5, 5.41) is 46.4. The van der Waals surface area contributed by atoms with Crippen molar-refractivity contribution in [3.05, 3.63) is 138 Å². The first-order valence-corrected chi connectivity index (χ1v) is 26.2. The van der Waals surface area contributed by atoms with Crippen LogP contribution in [0.4, 0.5) is 44.4 Å². The Morgan fingerprint density at radius 2 is 1.10 bits per heavy atom. The second kappa shape index (κ2) is 18.5. The van der Waals surface area contributed by atoms with Crippen LogP contribution >= 0.6 is 11.3 Å². The van der Waals surface area contributed by atoms with Gasteiger partial charge in [-0.1, -0.05) is 53.8 Å². The number of benzene rings is 6. The zero-order chi connectivity index (χ0) is 50.3. The van der Waals surface area contributed by atoms with Crippen LogP contribution in [-0.2, 0) is 40.5 Å². The smallest absolute Gasteiger partial charge is 0.295 e. The first-order chi connectivity index (χ1) is 33.0. The Bertz CT molecular complexity index is 4100. The van der Waals surface area contributed by atoms with Crippen molar-refractivity contribution in [2.24, 2.45) is 20.5 Å². The lowest BCUT2D eigenvalue weighted by atomic mass is 10.00. The highest BCUT2D eigenvalue weighted by Gasteiger charge is 2.24. The molecular formula is C44H29N9O12S5. The zero-order valence-electron chi connectivity index (χ0n) is 35.3. The molecule has 2 heterocycles. The van der Waals surface area contributed by atoms with Crippen molar-refractivity contribution >= 4 is 118 Å². The molecule has 0 fully saturated rings. The van der Waals surface area contributed by atoms with Gasteiger partial charge in [-0.15, -0.1) is 20.5 Å². The SMILES string of the molecule is Cc1c(C#N)c(Nc2ccc(S(=O)(=O)O)cc2)nc(Nc2ccc(S(=O)(=O)O)cc2)c1N=Nc1sc(N=Nc2ccc3cc(S(=O)(=O)O)cc(S(=O)(=O)O)c3c2)c(-c2ccc3ccccc3c2)c1C#N. The van der Waals surface area contributed by atoms with Gasteiger partial charge in [0.1, 0.15) is 33.3 Å². The van der Waals surface area contributed by atoms with E-state index in [1.807, 2.05) is 36.4 Å². The fraction of sp³-hybridized carbons (Fsp3) is 0.0227. The molecule has 0 atom stereocenters. The molecular weight excluding hydrogens is 1010 g/mol. The number of azo groups is 2. The quantitative estimate of drug-likeness (QED) is 0.0461. The lowest BCUT2D eigenvalue weighted by Crippen LogP contribution is -2.05. The minimum Gasteiger partial charge on any atom is -0.339 e. The third-order valence-corrected chi connectivity index (χ3v) is 14.7. The predicted molar refractivity (Wildman–Crippen MR) is 257 cm³/mol. The van der Waals surface area contributed by atoms with Gasteiger partial charge >= 0.3 is 0 Å². The second-order valence-electron chi connectivity index (χ2n) is 14.8.